The summed E-state index contributed by atoms with van der Waals surface area (Å²) in [6.07, 6.45) is 0. The van der Waals surface area contributed by atoms with E-state index < -0.39 is 0 Å². The fourth-order valence-corrected chi connectivity index (χ4v) is 9.81. The van der Waals surface area contributed by atoms with Crippen LogP contribution in [0.3, 0.4) is 0 Å². The zero-order valence-electron chi connectivity index (χ0n) is 28.8. The molecule has 0 aliphatic heterocycles. The van der Waals surface area contributed by atoms with E-state index in [9.17, 15) is 4.79 Å². The van der Waals surface area contributed by atoms with Gasteiger partial charge in [-0.05, 0) is 95.4 Å². The summed E-state index contributed by atoms with van der Waals surface area (Å²) in [5, 5.41) is 9.50. The summed E-state index contributed by atoms with van der Waals surface area (Å²) in [6, 6.07) is 60.1. The number of benzene rings is 8. The Morgan fingerprint density at radius 3 is 1.76 bits per heavy atom. The summed E-state index contributed by atoms with van der Waals surface area (Å²) in [4.78, 5) is 13.4. The minimum atomic E-state index is -0.322. The van der Waals surface area contributed by atoms with Crippen molar-refractivity contribution in [2.75, 3.05) is 0 Å². The van der Waals surface area contributed by atoms with Gasteiger partial charge in [0.1, 0.15) is 0 Å². The molecule has 4 nitrogen and oxygen atoms in total. The first-order chi connectivity index (χ1) is 26.7. The van der Waals surface area contributed by atoms with Gasteiger partial charge in [0.25, 0.3) is 0 Å². The molecular weight excluding hydrogens is 681 g/mol. The van der Waals surface area contributed by atoms with Gasteiger partial charge < -0.3 is 13.6 Å². The summed E-state index contributed by atoms with van der Waals surface area (Å²) in [5.41, 5.74) is 9.20. The van der Waals surface area contributed by atoms with Gasteiger partial charge in [-0.15, -0.1) is 11.3 Å². The van der Waals surface area contributed by atoms with Crippen LogP contribution in [0, 0.1) is 0 Å². The summed E-state index contributed by atoms with van der Waals surface area (Å²) >= 11 is 1.82. The van der Waals surface area contributed by atoms with Gasteiger partial charge in [0.05, 0.1) is 27.5 Å². The predicted molar refractivity (Wildman–Crippen MR) is 227 cm³/mol. The Balaban J connectivity index is 1.08. The quantitative estimate of drug-likeness (QED) is 0.135. The first-order valence-electron chi connectivity index (χ1n) is 18.1. The Hall–Kier alpha value is -6.95. The van der Waals surface area contributed by atoms with Crippen molar-refractivity contribution in [3.8, 4) is 22.5 Å². The van der Waals surface area contributed by atoms with Crippen LogP contribution in [0.2, 0.25) is 0 Å². The van der Waals surface area contributed by atoms with Gasteiger partial charge in [-0.1, -0.05) is 91.0 Å². The highest BCUT2D eigenvalue weighted by molar-refractivity contribution is 7.25. The maximum absolute atomic E-state index is 13.4. The molecule has 8 aromatic carbocycles. The van der Waals surface area contributed by atoms with Gasteiger partial charge in [-0.2, -0.15) is 0 Å². The second kappa shape index (κ2) is 11.0. The lowest BCUT2D eigenvalue weighted by Crippen LogP contribution is -2.01. The van der Waals surface area contributed by atoms with E-state index in [4.69, 9.17) is 4.42 Å². The highest BCUT2D eigenvalue weighted by atomic mass is 32.1. The van der Waals surface area contributed by atoms with Gasteiger partial charge in [-0.3, -0.25) is 0 Å². The van der Waals surface area contributed by atoms with E-state index >= 15 is 0 Å². The SMILES string of the molecule is O=c1oc2c(ccc3c4ccccc4n(-c4ccc5sc6ccc(-c7ccc8c(c7)c7ccccc7n8-c7ccccc7)cc6c5c4)c32)c2ccccc12. The minimum absolute atomic E-state index is 0.322. The maximum Gasteiger partial charge on any atom is 0.344 e. The largest absolute Gasteiger partial charge is 0.420 e. The molecule has 252 valence electrons. The second-order valence-electron chi connectivity index (χ2n) is 14.0. The summed E-state index contributed by atoms with van der Waals surface area (Å²) in [5.74, 6) is 0. The number of fused-ring (bicyclic) bond motifs is 13. The maximum atomic E-state index is 13.4. The molecular formula is C49H28N2O2S. The molecule has 4 heterocycles. The molecule has 0 aliphatic carbocycles. The molecule has 0 atom stereocenters. The Morgan fingerprint density at radius 1 is 0.389 bits per heavy atom. The number of hydrogen-bond acceptors (Lipinski definition) is 3. The third-order valence-corrected chi connectivity index (χ3v) is 12.3. The molecule has 0 amide bonds. The monoisotopic (exact) mass is 708 g/mol. The third kappa shape index (κ3) is 4.10. The lowest BCUT2D eigenvalue weighted by molar-refractivity contribution is 0.572. The average molecular weight is 709 g/mol. The molecule has 0 aliphatic rings. The fourth-order valence-electron chi connectivity index (χ4n) is 8.75. The van der Waals surface area contributed by atoms with E-state index in [0.29, 0.717) is 11.0 Å². The van der Waals surface area contributed by atoms with Crippen molar-refractivity contribution in [2.45, 2.75) is 0 Å². The van der Waals surface area contributed by atoms with Crippen molar-refractivity contribution in [3.63, 3.8) is 0 Å². The van der Waals surface area contributed by atoms with Gasteiger partial charge in [-0.25, -0.2) is 4.79 Å². The number of aromatic nitrogens is 2. The summed E-state index contributed by atoms with van der Waals surface area (Å²) < 4.78 is 13.3. The van der Waals surface area contributed by atoms with Crippen molar-refractivity contribution in [2.24, 2.45) is 0 Å². The number of para-hydroxylation sites is 3. The first kappa shape index (κ1) is 29.6. The van der Waals surface area contributed by atoms with Gasteiger partial charge >= 0.3 is 5.63 Å². The molecule has 0 bridgehead atoms. The highest BCUT2D eigenvalue weighted by Crippen LogP contribution is 2.42. The van der Waals surface area contributed by atoms with Crippen LogP contribution in [0.25, 0.3) is 108 Å². The predicted octanol–water partition coefficient (Wildman–Crippen LogP) is 13.2. The van der Waals surface area contributed by atoms with Crippen LogP contribution in [-0.4, -0.2) is 9.13 Å². The van der Waals surface area contributed by atoms with E-state index in [2.05, 4.69) is 155 Å². The van der Waals surface area contributed by atoms with Crippen LogP contribution in [0.5, 0.6) is 0 Å². The van der Waals surface area contributed by atoms with Crippen LogP contribution in [0.1, 0.15) is 0 Å². The van der Waals surface area contributed by atoms with Gasteiger partial charge in [0.2, 0.25) is 0 Å². The Bertz CT molecular complexity index is 3580. The number of rotatable bonds is 3. The Morgan fingerprint density at radius 2 is 0.963 bits per heavy atom. The minimum Gasteiger partial charge on any atom is -0.420 e. The van der Waals surface area contributed by atoms with Crippen molar-refractivity contribution >= 4 is 96.9 Å². The number of nitrogens with zero attached hydrogens (tertiary/aromatic N) is 2. The standard InChI is InChI=1S/C49H28N2O2S/c52-49-38-15-5-4-12-33(38)37-22-21-36-34-13-6-9-17-43(34)51(47(36)48(37)53-49)32-20-25-46-41(28-32)40-27-30(19-24-45(40)54-46)29-18-23-44-39(26-29)35-14-7-8-16-42(35)50(44)31-10-2-1-3-11-31/h1-28H. The third-order valence-electron chi connectivity index (χ3n) is 11.2. The summed E-state index contributed by atoms with van der Waals surface area (Å²) in [7, 11) is 0. The van der Waals surface area contributed by atoms with Crippen molar-refractivity contribution in [1.82, 2.24) is 9.13 Å². The number of thiophene rings is 1. The zero-order valence-corrected chi connectivity index (χ0v) is 29.6. The molecule has 0 fully saturated rings. The van der Waals surface area contributed by atoms with E-state index in [-0.39, 0.29) is 5.63 Å². The summed E-state index contributed by atoms with van der Waals surface area (Å²) in [6.45, 7) is 0. The molecule has 0 unspecified atom stereocenters. The van der Waals surface area contributed by atoms with Crippen molar-refractivity contribution in [3.05, 3.63) is 180 Å². The molecule has 12 aromatic rings. The van der Waals surface area contributed by atoms with Gasteiger partial charge in [0, 0.05) is 58.5 Å². The Kier molecular flexibility index (Phi) is 6.05. The van der Waals surface area contributed by atoms with E-state index in [1.807, 2.05) is 35.6 Å². The van der Waals surface area contributed by atoms with Crippen LogP contribution < -0.4 is 5.63 Å². The molecule has 0 saturated carbocycles. The lowest BCUT2D eigenvalue weighted by Gasteiger charge is -2.10. The molecule has 4 aromatic heterocycles. The first-order valence-corrected chi connectivity index (χ1v) is 18.9. The number of hydrogen-bond donors (Lipinski definition) is 0. The molecule has 0 spiro atoms. The topological polar surface area (TPSA) is 40.1 Å². The molecule has 54 heavy (non-hydrogen) atoms. The van der Waals surface area contributed by atoms with Gasteiger partial charge in [0.15, 0.2) is 5.58 Å². The Labute approximate surface area is 312 Å². The second-order valence-corrected chi connectivity index (χ2v) is 15.1. The molecule has 0 saturated heterocycles. The molecule has 0 N–H and O–H groups in total. The fraction of sp³-hybridized carbons (Fsp3) is 0. The highest BCUT2D eigenvalue weighted by Gasteiger charge is 2.20. The van der Waals surface area contributed by atoms with E-state index in [0.717, 1.165) is 44.0 Å². The van der Waals surface area contributed by atoms with Crippen LogP contribution in [0.15, 0.2) is 179 Å². The smallest absolute Gasteiger partial charge is 0.344 e. The molecule has 0 radical (unpaired) electrons. The van der Waals surface area contributed by atoms with Crippen LogP contribution in [0.4, 0.5) is 0 Å². The molecule has 12 rings (SSSR count). The van der Waals surface area contributed by atoms with E-state index in [1.54, 1.807) is 0 Å². The lowest BCUT2D eigenvalue weighted by atomic mass is 10.0. The normalized spacial score (nSPS) is 12.1. The van der Waals surface area contributed by atoms with Crippen LogP contribution >= 0.6 is 11.3 Å². The van der Waals surface area contributed by atoms with Crippen LogP contribution in [-0.2, 0) is 0 Å². The molecule has 5 heteroatoms. The van der Waals surface area contributed by atoms with Crippen molar-refractivity contribution < 1.29 is 4.42 Å². The zero-order chi connectivity index (χ0) is 35.5. The average Bonchev–Trinajstić information content (AvgIpc) is 3.88. The van der Waals surface area contributed by atoms with E-state index in [1.165, 1.54) is 53.1 Å². The van der Waals surface area contributed by atoms with Crippen molar-refractivity contribution in [1.29, 1.82) is 0 Å².